The Morgan fingerprint density at radius 2 is 2.35 bits per heavy atom. The third-order valence-electron chi connectivity index (χ3n) is 3.19. The van der Waals surface area contributed by atoms with Gasteiger partial charge in [-0.15, -0.1) is 0 Å². The van der Waals surface area contributed by atoms with Gasteiger partial charge in [-0.25, -0.2) is 4.98 Å². The maximum atomic E-state index is 4.68. The number of nitrogens with one attached hydrogen (secondary N) is 1. The van der Waals surface area contributed by atoms with E-state index in [0.29, 0.717) is 0 Å². The summed E-state index contributed by atoms with van der Waals surface area (Å²) in [4.78, 5) is 4.68. The van der Waals surface area contributed by atoms with Crippen LogP contribution in [0.25, 0.3) is 11.3 Å². The Morgan fingerprint density at radius 3 is 3.18 bits per heavy atom. The molecule has 1 aromatic heterocycles. The van der Waals surface area contributed by atoms with Gasteiger partial charge >= 0.3 is 0 Å². The van der Waals surface area contributed by atoms with Gasteiger partial charge in [-0.2, -0.15) is 0 Å². The highest BCUT2D eigenvalue weighted by Crippen LogP contribution is 2.18. The summed E-state index contributed by atoms with van der Waals surface area (Å²) in [6, 6.07) is 8.50. The first-order valence-electron chi connectivity index (χ1n) is 6.03. The SMILES string of the molecule is C[B]c1cccc(-c2cn3c(n2)CNCC3)c1. The van der Waals surface area contributed by atoms with Crippen LogP contribution in [0, 0.1) is 0 Å². The van der Waals surface area contributed by atoms with Crippen LogP contribution >= 0.6 is 0 Å². The molecule has 0 saturated heterocycles. The van der Waals surface area contributed by atoms with Crippen molar-refractivity contribution in [3.8, 4) is 11.3 Å². The molecule has 0 bridgehead atoms. The second-order valence-corrected chi connectivity index (χ2v) is 4.33. The summed E-state index contributed by atoms with van der Waals surface area (Å²) >= 11 is 0. The second-order valence-electron chi connectivity index (χ2n) is 4.33. The van der Waals surface area contributed by atoms with Crippen molar-refractivity contribution in [2.75, 3.05) is 6.54 Å². The fraction of sp³-hybridized carbons (Fsp3) is 0.308. The highest BCUT2D eigenvalue weighted by atomic mass is 15.1. The Labute approximate surface area is 102 Å². The molecule has 0 fully saturated rings. The van der Waals surface area contributed by atoms with E-state index in [4.69, 9.17) is 0 Å². The molecule has 0 atom stereocenters. The van der Waals surface area contributed by atoms with E-state index >= 15 is 0 Å². The Hall–Kier alpha value is -1.55. The van der Waals surface area contributed by atoms with Gasteiger partial charge in [0.2, 0.25) is 0 Å². The van der Waals surface area contributed by atoms with Gasteiger partial charge in [0.05, 0.1) is 12.2 Å². The van der Waals surface area contributed by atoms with E-state index in [1.54, 1.807) is 0 Å². The molecule has 0 unspecified atom stereocenters. The third-order valence-corrected chi connectivity index (χ3v) is 3.19. The van der Waals surface area contributed by atoms with Crippen LogP contribution in [0.5, 0.6) is 0 Å². The Bertz CT molecular complexity index is 510. The van der Waals surface area contributed by atoms with Gasteiger partial charge in [0.15, 0.2) is 0 Å². The van der Waals surface area contributed by atoms with Crippen molar-refractivity contribution in [1.29, 1.82) is 0 Å². The van der Waals surface area contributed by atoms with Gasteiger partial charge in [0.1, 0.15) is 13.1 Å². The zero-order valence-electron chi connectivity index (χ0n) is 9.98. The molecule has 17 heavy (non-hydrogen) atoms. The second kappa shape index (κ2) is 4.38. The molecule has 2 aromatic rings. The van der Waals surface area contributed by atoms with Crippen LogP contribution in [0.2, 0.25) is 6.82 Å². The van der Waals surface area contributed by atoms with Crippen LogP contribution in [-0.4, -0.2) is 23.4 Å². The summed E-state index contributed by atoms with van der Waals surface area (Å²) in [5, 5.41) is 3.34. The summed E-state index contributed by atoms with van der Waals surface area (Å²) in [5.74, 6) is 1.14. The fourth-order valence-corrected chi connectivity index (χ4v) is 2.21. The molecule has 3 rings (SSSR count). The number of hydrogen-bond donors (Lipinski definition) is 1. The Kier molecular flexibility index (Phi) is 2.73. The van der Waals surface area contributed by atoms with E-state index in [9.17, 15) is 0 Å². The highest BCUT2D eigenvalue weighted by Gasteiger charge is 2.12. The topological polar surface area (TPSA) is 29.9 Å². The van der Waals surface area contributed by atoms with Crippen molar-refractivity contribution in [2.45, 2.75) is 19.9 Å². The average Bonchev–Trinajstić information content (AvgIpc) is 2.82. The summed E-state index contributed by atoms with van der Waals surface area (Å²) in [7, 11) is 2.11. The molecule has 1 radical (unpaired) electrons. The van der Waals surface area contributed by atoms with Crippen LogP contribution in [0.3, 0.4) is 0 Å². The average molecular weight is 224 g/mol. The number of aromatic nitrogens is 2. The van der Waals surface area contributed by atoms with Crippen LogP contribution in [0.4, 0.5) is 0 Å². The fourth-order valence-electron chi connectivity index (χ4n) is 2.21. The smallest absolute Gasteiger partial charge is 0.148 e. The molecule has 0 amide bonds. The predicted molar refractivity (Wildman–Crippen MR) is 70.6 cm³/mol. The minimum absolute atomic E-state index is 0.875. The summed E-state index contributed by atoms with van der Waals surface area (Å²) in [5.41, 5.74) is 3.52. The van der Waals surface area contributed by atoms with Gasteiger partial charge in [-0.05, 0) is 0 Å². The van der Waals surface area contributed by atoms with Gasteiger partial charge in [0.25, 0.3) is 0 Å². The van der Waals surface area contributed by atoms with Crippen LogP contribution < -0.4 is 10.8 Å². The van der Waals surface area contributed by atoms with E-state index in [2.05, 4.69) is 59.4 Å². The van der Waals surface area contributed by atoms with Crippen molar-refractivity contribution in [3.05, 3.63) is 36.3 Å². The lowest BCUT2D eigenvalue weighted by molar-refractivity contribution is 0.505. The molecule has 0 spiro atoms. The van der Waals surface area contributed by atoms with Crippen molar-refractivity contribution < 1.29 is 0 Å². The lowest BCUT2D eigenvalue weighted by Crippen LogP contribution is -2.27. The third kappa shape index (κ3) is 2.00. The normalized spacial score (nSPS) is 14.4. The lowest BCUT2D eigenvalue weighted by atomic mass is 9.73. The van der Waals surface area contributed by atoms with Gasteiger partial charge in [-0.3, -0.25) is 0 Å². The number of fused-ring (bicyclic) bond motifs is 1. The minimum atomic E-state index is 0.875. The molecule has 1 N–H and O–H groups in total. The van der Waals surface area contributed by atoms with Crippen LogP contribution in [0.1, 0.15) is 5.82 Å². The van der Waals surface area contributed by atoms with E-state index in [-0.39, 0.29) is 0 Å². The first-order chi connectivity index (χ1) is 8.36. The molecule has 0 saturated carbocycles. The number of rotatable bonds is 2. The number of benzene rings is 1. The van der Waals surface area contributed by atoms with E-state index in [0.717, 1.165) is 31.2 Å². The lowest BCUT2D eigenvalue weighted by Gasteiger charge is -2.13. The molecule has 85 valence electrons. The molecular weight excluding hydrogens is 209 g/mol. The quantitative estimate of drug-likeness (QED) is 0.772. The monoisotopic (exact) mass is 224 g/mol. The van der Waals surface area contributed by atoms with Crippen LogP contribution in [-0.2, 0) is 13.1 Å². The molecule has 2 heterocycles. The highest BCUT2D eigenvalue weighted by molar-refractivity contribution is 6.52. The van der Waals surface area contributed by atoms with Crippen LogP contribution in [0.15, 0.2) is 30.5 Å². The molecule has 1 aliphatic rings. The maximum Gasteiger partial charge on any atom is 0.148 e. The Morgan fingerprint density at radius 1 is 1.41 bits per heavy atom. The molecule has 0 aliphatic carbocycles. The number of hydrogen-bond acceptors (Lipinski definition) is 2. The first kappa shape index (κ1) is 10.6. The zero-order valence-corrected chi connectivity index (χ0v) is 9.98. The van der Waals surface area contributed by atoms with E-state index in [1.165, 1.54) is 11.0 Å². The standard InChI is InChI=1S/C13H15BN3/c1-14-11-4-2-3-10(7-11)12-9-17-6-5-15-8-13(17)16-12/h2-4,7,9,15H,5-6,8H2,1H3. The van der Waals surface area contributed by atoms with Gasteiger partial charge in [0, 0.05) is 24.8 Å². The summed E-state index contributed by atoms with van der Waals surface area (Å²) in [6.07, 6.45) is 2.16. The molecule has 1 aromatic carbocycles. The number of nitrogens with zero attached hydrogens (tertiary/aromatic N) is 2. The zero-order chi connectivity index (χ0) is 11.7. The molecule has 3 nitrogen and oxygen atoms in total. The van der Waals surface area contributed by atoms with Crippen molar-refractivity contribution in [1.82, 2.24) is 14.9 Å². The van der Waals surface area contributed by atoms with Crippen molar-refractivity contribution >= 4 is 12.7 Å². The Balaban J connectivity index is 2.00. The van der Waals surface area contributed by atoms with E-state index in [1.807, 2.05) is 0 Å². The summed E-state index contributed by atoms with van der Waals surface area (Å²) < 4.78 is 2.24. The predicted octanol–water partition coefficient (Wildman–Crippen LogP) is 1.03. The maximum absolute atomic E-state index is 4.68. The first-order valence-corrected chi connectivity index (χ1v) is 6.03. The summed E-state index contributed by atoms with van der Waals surface area (Å²) in [6.45, 7) is 4.98. The minimum Gasteiger partial charge on any atom is -0.332 e. The molecule has 4 heteroatoms. The number of imidazole rings is 1. The largest absolute Gasteiger partial charge is 0.332 e. The van der Waals surface area contributed by atoms with Gasteiger partial charge in [-0.1, -0.05) is 36.6 Å². The molecular formula is C13H15BN3. The van der Waals surface area contributed by atoms with Crippen molar-refractivity contribution in [2.24, 2.45) is 0 Å². The molecule has 1 aliphatic heterocycles. The van der Waals surface area contributed by atoms with Crippen molar-refractivity contribution in [3.63, 3.8) is 0 Å². The van der Waals surface area contributed by atoms with Gasteiger partial charge < -0.3 is 9.88 Å². The van der Waals surface area contributed by atoms with E-state index < -0.39 is 0 Å².